The Bertz CT molecular complexity index is 445. The van der Waals surface area contributed by atoms with Crippen LogP contribution in [-0.4, -0.2) is 40.4 Å². The van der Waals surface area contributed by atoms with E-state index in [0.717, 1.165) is 26.1 Å². The summed E-state index contributed by atoms with van der Waals surface area (Å²) in [5.41, 5.74) is 0.437. The lowest BCUT2D eigenvalue weighted by Gasteiger charge is -2.31. The highest BCUT2D eigenvalue weighted by Gasteiger charge is 2.24. The first-order valence-corrected chi connectivity index (χ1v) is 7.59. The van der Waals surface area contributed by atoms with Crippen molar-refractivity contribution in [2.24, 2.45) is 5.92 Å². The quantitative estimate of drug-likeness (QED) is 0.831. The van der Waals surface area contributed by atoms with E-state index in [1.807, 2.05) is 11.8 Å². The molecule has 1 aromatic rings. The van der Waals surface area contributed by atoms with Gasteiger partial charge in [0.1, 0.15) is 11.5 Å². The fourth-order valence-electron chi connectivity index (χ4n) is 2.31. The lowest BCUT2D eigenvalue weighted by atomic mass is 9.85. The van der Waals surface area contributed by atoms with Crippen LogP contribution in [0.25, 0.3) is 0 Å². The summed E-state index contributed by atoms with van der Waals surface area (Å²) >= 11 is 0. The number of carbonyl (C=O) groups is 1. The zero-order valence-corrected chi connectivity index (χ0v) is 12.4. The maximum Gasteiger partial charge on any atom is 0.274 e. The van der Waals surface area contributed by atoms with Crippen LogP contribution in [0.5, 0.6) is 0 Å². The van der Waals surface area contributed by atoms with Crippen molar-refractivity contribution in [3.63, 3.8) is 0 Å². The summed E-state index contributed by atoms with van der Waals surface area (Å²) in [7, 11) is 0. The predicted octanol–water partition coefficient (Wildman–Crippen LogP) is 2.56. The normalized spacial score (nSPS) is 14.7. The molecule has 1 heterocycles. The van der Waals surface area contributed by atoms with Gasteiger partial charge < -0.3 is 10.2 Å². The van der Waals surface area contributed by atoms with Crippen molar-refractivity contribution in [1.82, 2.24) is 14.9 Å². The number of nitrogens with one attached hydrogen (secondary N) is 1. The van der Waals surface area contributed by atoms with E-state index in [0.29, 0.717) is 17.4 Å². The summed E-state index contributed by atoms with van der Waals surface area (Å²) in [6.45, 7) is 6.52. The third-order valence-corrected chi connectivity index (χ3v) is 3.78. The van der Waals surface area contributed by atoms with Gasteiger partial charge in [0.25, 0.3) is 5.91 Å². The summed E-state index contributed by atoms with van der Waals surface area (Å²) in [6.07, 6.45) is 8.02. The fraction of sp³-hybridized carbons (Fsp3) is 0.667. The maximum absolute atomic E-state index is 12.5. The largest absolute Gasteiger partial charge is 0.369 e. The second kappa shape index (κ2) is 7.22. The minimum atomic E-state index is -0.00736. The van der Waals surface area contributed by atoms with Gasteiger partial charge in [-0.2, -0.15) is 0 Å². The van der Waals surface area contributed by atoms with Gasteiger partial charge in [0.2, 0.25) is 0 Å². The topological polar surface area (TPSA) is 58.1 Å². The van der Waals surface area contributed by atoms with Crippen molar-refractivity contribution in [2.75, 3.05) is 25.0 Å². The monoisotopic (exact) mass is 276 g/mol. The molecule has 1 fully saturated rings. The van der Waals surface area contributed by atoms with Crippen molar-refractivity contribution in [3.05, 3.63) is 18.1 Å². The molecule has 1 aromatic heterocycles. The number of anilines is 1. The van der Waals surface area contributed by atoms with Crippen LogP contribution in [0, 0.1) is 5.92 Å². The van der Waals surface area contributed by atoms with Crippen molar-refractivity contribution < 1.29 is 4.79 Å². The second-order valence-electron chi connectivity index (χ2n) is 5.36. The van der Waals surface area contributed by atoms with Crippen LogP contribution in [-0.2, 0) is 0 Å². The molecule has 20 heavy (non-hydrogen) atoms. The molecular formula is C15H24N4O. The van der Waals surface area contributed by atoms with Crippen molar-refractivity contribution in [1.29, 1.82) is 0 Å². The Hall–Kier alpha value is -1.65. The molecular weight excluding hydrogens is 252 g/mol. The van der Waals surface area contributed by atoms with Crippen molar-refractivity contribution in [2.45, 2.75) is 39.5 Å². The third kappa shape index (κ3) is 3.68. The first-order valence-electron chi connectivity index (χ1n) is 7.59. The molecule has 0 saturated heterocycles. The zero-order chi connectivity index (χ0) is 14.4. The summed E-state index contributed by atoms with van der Waals surface area (Å²) < 4.78 is 0. The summed E-state index contributed by atoms with van der Waals surface area (Å²) in [4.78, 5) is 22.8. The SMILES string of the molecule is CCCNc1cncc(C(=O)N(CC)CC2CCC2)n1. The van der Waals surface area contributed by atoms with Gasteiger partial charge in [0.15, 0.2) is 0 Å². The van der Waals surface area contributed by atoms with E-state index in [1.54, 1.807) is 12.4 Å². The molecule has 1 saturated carbocycles. The molecule has 2 rings (SSSR count). The lowest BCUT2D eigenvalue weighted by molar-refractivity contribution is 0.0700. The first kappa shape index (κ1) is 14.8. The van der Waals surface area contributed by atoms with Crippen molar-refractivity contribution >= 4 is 11.7 Å². The average Bonchev–Trinajstić information content (AvgIpc) is 2.44. The van der Waals surface area contributed by atoms with Crippen LogP contribution in [0.2, 0.25) is 0 Å². The number of carbonyl (C=O) groups excluding carboxylic acids is 1. The van der Waals surface area contributed by atoms with Gasteiger partial charge in [-0.15, -0.1) is 0 Å². The fourth-order valence-corrected chi connectivity index (χ4v) is 2.31. The standard InChI is InChI=1S/C15H24N4O/c1-3-8-17-14-10-16-9-13(18-14)15(20)19(4-2)11-12-6-5-7-12/h9-10,12H,3-8,11H2,1-2H3,(H,17,18). The van der Waals surface area contributed by atoms with Crippen LogP contribution >= 0.6 is 0 Å². The van der Waals surface area contributed by atoms with Gasteiger partial charge in [-0.3, -0.25) is 9.78 Å². The molecule has 0 aromatic carbocycles. The highest BCUT2D eigenvalue weighted by atomic mass is 16.2. The minimum Gasteiger partial charge on any atom is -0.369 e. The Balaban J connectivity index is 2.01. The molecule has 0 atom stereocenters. The van der Waals surface area contributed by atoms with Gasteiger partial charge in [0.05, 0.1) is 12.4 Å². The lowest BCUT2D eigenvalue weighted by Crippen LogP contribution is -2.37. The van der Waals surface area contributed by atoms with Gasteiger partial charge >= 0.3 is 0 Å². The van der Waals surface area contributed by atoms with Crippen LogP contribution in [0.3, 0.4) is 0 Å². The van der Waals surface area contributed by atoms with E-state index < -0.39 is 0 Å². The molecule has 0 bridgehead atoms. The molecule has 0 radical (unpaired) electrons. The first-order chi connectivity index (χ1) is 9.74. The maximum atomic E-state index is 12.5. The van der Waals surface area contributed by atoms with Gasteiger partial charge in [0, 0.05) is 19.6 Å². The molecule has 5 nitrogen and oxygen atoms in total. The number of hydrogen-bond acceptors (Lipinski definition) is 4. The second-order valence-corrected chi connectivity index (χ2v) is 5.36. The van der Waals surface area contributed by atoms with Gasteiger partial charge in [-0.1, -0.05) is 13.3 Å². The number of nitrogens with zero attached hydrogens (tertiary/aromatic N) is 3. The summed E-state index contributed by atoms with van der Waals surface area (Å²) in [5.74, 6) is 1.35. The van der Waals surface area contributed by atoms with E-state index >= 15 is 0 Å². The predicted molar refractivity (Wildman–Crippen MR) is 79.7 cm³/mol. The Morgan fingerprint density at radius 1 is 1.40 bits per heavy atom. The Morgan fingerprint density at radius 3 is 2.80 bits per heavy atom. The van der Waals surface area contributed by atoms with E-state index in [1.165, 1.54) is 19.3 Å². The minimum absolute atomic E-state index is 0.00736. The Morgan fingerprint density at radius 2 is 2.20 bits per heavy atom. The average molecular weight is 276 g/mol. The van der Waals surface area contributed by atoms with Crippen LogP contribution in [0.15, 0.2) is 12.4 Å². The van der Waals surface area contributed by atoms with Crippen LogP contribution in [0.4, 0.5) is 5.82 Å². The molecule has 1 amide bonds. The summed E-state index contributed by atoms with van der Waals surface area (Å²) in [6, 6.07) is 0. The number of hydrogen-bond donors (Lipinski definition) is 1. The third-order valence-electron chi connectivity index (χ3n) is 3.78. The highest BCUT2D eigenvalue weighted by molar-refractivity contribution is 5.92. The zero-order valence-electron chi connectivity index (χ0n) is 12.4. The molecule has 110 valence electrons. The Labute approximate surface area is 120 Å². The molecule has 1 aliphatic rings. The van der Waals surface area contributed by atoms with E-state index in [-0.39, 0.29) is 5.91 Å². The Kier molecular flexibility index (Phi) is 5.32. The molecule has 1 N–H and O–H groups in total. The molecule has 0 unspecified atom stereocenters. The van der Waals surface area contributed by atoms with Gasteiger partial charge in [-0.05, 0) is 32.1 Å². The van der Waals surface area contributed by atoms with E-state index in [9.17, 15) is 4.79 Å². The smallest absolute Gasteiger partial charge is 0.274 e. The number of amides is 1. The number of aromatic nitrogens is 2. The van der Waals surface area contributed by atoms with Crippen LogP contribution < -0.4 is 5.32 Å². The summed E-state index contributed by atoms with van der Waals surface area (Å²) in [5, 5.41) is 3.17. The van der Waals surface area contributed by atoms with Crippen molar-refractivity contribution in [3.8, 4) is 0 Å². The highest BCUT2D eigenvalue weighted by Crippen LogP contribution is 2.27. The molecule has 0 aliphatic heterocycles. The van der Waals surface area contributed by atoms with E-state index in [4.69, 9.17) is 0 Å². The number of rotatable bonds is 7. The molecule has 1 aliphatic carbocycles. The molecule has 5 heteroatoms. The molecule has 0 spiro atoms. The van der Waals surface area contributed by atoms with E-state index in [2.05, 4.69) is 22.2 Å². The van der Waals surface area contributed by atoms with Crippen LogP contribution in [0.1, 0.15) is 50.0 Å². The van der Waals surface area contributed by atoms with Gasteiger partial charge in [-0.25, -0.2) is 4.98 Å².